The monoisotopic (exact) mass is 410 g/mol. The van der Waals surface area contributed by atoms with Gasteiger partial charge in [-0.25, -0.2) is 4.98 Å². The van der Waals surface area contributed by atoms with E-state index < -0.39 is 0 Å². The molecule has 5 aliphatic rings. The Balaban J connectivity index is 1.10. The average Bonchev–Trinajstić information content (AvgIpc) is 3.11. The first kappa shape index (κ1) is 18.2. The molecule has 1 amide bonds. The largest absolute Gasteiger partial charge is 0.467 e. The highest BCUT2D eigenvalue weighted by molar-refractivity contribution is 7.20. The van der Waals surface area contributed by atoms with Gasteiger partial charge in [-0.2, -0.15) is 0 Å². The quantitative estimate of drug-likeness (QED) is 0.699. The van der Waals surface area contributed by atoms with Crippen LogP contribution in [0.5, 0.6) is 5.19 Å². The molecule has 5 heteroatoms. The number of aromatic nitrogens is 1. The first-order chi connectivity index (χ1) is 14.1. The molecule has 0 spiro atoms. The fourth-order valence-electron chi connectivity index (χ4n) is 7.14. The first-order valence-corrected chi connectivity index (χ1v) is 12.2. The number of likely N-dealkylation sites (tertiary alicyclic amines) is 1. The van der Waals surface area contributed by atoms with Crippen molar-refractivity contribution >= 4 is 27.5 Å². The molecular formula is C24H30N2O2S. The number of ether oxygens (including phenoxy) is 1. The van der Waals surface area contributed by atoms with Crippen molar-refractivity contribution in [2.45, 2.75) is 64.4 Å². The van der Waals surface area contributed by atoms with Gasteiger partial charge in [0, 0.05) is 25.9 Å². The molecular weight excluding hydrogens is 380 g/mol. The summed E-state index contributed by atoms with van der Waals surface area (Å²) in [5.74, 6) is 2.96. The molecule has 0 radical (unpaired) electrons. The van der Waals surface area contributed by atoms with Gasteiger partial charge in [0.25, 0.3) is 5.19 Å². The third-order valence-corrected chi connectivity index (χ3v) is 9.00. The number of para-hydroxylation sites is 1. The van der Waals surface area contributed by atoms with E-state index in [9.17, 15) is 4.79 Å². The molecule has 2 aromatic rings. The molecule has 4 nitrogen and oxygen atoms in total. The lowest BCUT2D eigenvalue weighted by atomic mass is 9.49. The Bertz CT molecular complexity index is 908. The summed E-state index contributed by atoms with van der Waals surface area (Å²) in [7, 11) is 0. The van der Waals surface area contributed by atoms with E-state index in [1.54, 1.807) is 11.3 Å². The molecule has 1 aromatic heterocycles. The van der Waals surface area contributed by atoms with Crippen LogP contribution in [0.25, 0.3) is 10.2 Å². The summed E-state index contributed by atoms with van der Waals surface area (Å²) in [5, 5.41) is 0.778. The number of carbonyl (C=O) groups excluding carboxylic acids is 1. The Morgan fingerprint density at radius 2 is 1.76 bits per heavy atom. The van der Waals surface area contributed by atoms with Crippen molar-refractivity contribution in [3.63, 3.8) is 0 Å². The maximum atomic E-state index is 13.5. The lowest BCUT2D eigenvalue weighted by molar-refractivity contribution is -0.159. The minimum atomic E-state index is -0.00694. The number of hydrogen-bond acceptors (Lipinski definition) is 4. The van der Waals surface area contributed by atoms with Crippen LogP contribution in [0.4, 0.5) is 0 Å². The van der Waals surface area contributed by atoms with Gasteiger partial charge in [0.1, 0.15) is 6.10 Å². The van der Waals surface area contributed by atoms with Crippen molar-refractivity contribution in [2.24, 2.45) is 23.2 Å². The number of thiazole rings is 1. The van der Waals surface area contributed by atoms with E-state index in [2.05, 4.69) is 30.0 Å². The van der Waals surface area contributed by atoms with E-state index in [1.807, 2.05) is 0 Å². The Kier molecular flexibility index (Phi) is 4.20. The fourth-order valence-corrected chi connectivity index (χ4v) is 8.10. The van der Waals surface area contributed by atoms with Crippen LogP contribution in [0, 0.1) is 30.1 Å². The Morgan fingerprint density at radius 3 is 2.38 bits per heavy atom. The van der Waals surface area contributed by atoms with Crippen molar-refractivity contribution in [2.75, 3.05) is 13.1 Å². The molecule has 154 valence electrons. The zero-order valence-electron chi connectivity index (χ0n) is 17.2. The predicted molar refractivity (Wildman–Crippen MR) is 115 cm³/mol. The SMILES string of the molecule is Cc1cccc2sc(OC3CCN(C(=O)C45CC6CC(CC(C6)C4)C5)CC3)nc12. The zero-order valence-corrected chi connectivity index (χ0v) is 18.0. The molecule has 0 unspecified atom stereocenters. The highest BCUT2D eigenvalue weighted by Gasteiger charge is 2.55. The van der Waals surface area contributed by atoms with E-state index >= 15 is 0 Å². The summed E-state index contributed by atoms with van der Waals surface area (Å²) < 4.78 is 7.43. The van der Waals surface area contributed by atoms with Gasteiger partial charge < -0.3 is 9.64 Å². The number of aryl methyl sites for hydroxylation is 1. The predicted octanol–water partition coefficient (Wildman–Crippen LogP) is 5.19. The highest BCUT2D eigenvalue weighted by atomic mass is 32.1. The number of fused-ring (bicyclic) bond motifs is 1. The maximum absolute atomic E-state index is 13.5. The Labute approximate surface area is 176 Å². The van der Waals surface area contributed by atoms with Gasteiger partial charge in [0.2, 0.25) is 5.91 Å². The van der Waals surface area contributed by atoms with Gasteiger partial charge in [0.05, 0.1) is 15.6 Å². The van der Waals surface area contributed by atoms with E-state index in [4.69, 9.17) is 9.72 Å². The van der Waals surface area contributed by atoms with Gasteiger partial charge in [0.15, 0.2) is 0 Å². The topological polar surface area (TPSA) is 42.4 Å². The Hall–Kier alpha value is -1.62. The number of nitrogens with zero attached hydrogens (tertiary/aromatic N) is 2. The summed E-state index contributed by atoms with van der Waals surface area (Å²) in [6.07, 6.45) is 9.70. The van der Waals surface area contributed by atoms with Crippen LogP contribution in [-0.2, 0) is 4.79 Å². The number of piperidine rings is 1. The van der Waals surface area contributed by atoms with Crippen LogP contribution < -0.4 is 4.74 Å². The molecule has 1 saturated heterocycles. The van der Waals surface area contributed by atoms with E-state index in [0.717, 1.165) is 54.4 Å². The van der Waals surface area contributed by atoms with E-state index in [0.29, 0.717) is 5.91 Å². The molecule has 2 heterocycles. The zero-order chi connectivity index (χ0) is 19.6. The molecule has 0 N–H and O–H groups in total. The summed E-state index contributed by atoms with van der Waals surface area (Å²) in [4.78, 5) is 20.4. The van der Waals surface area contributed by atoms with Gasteiger partial charge in [-0.05, 0) is 74.8 Å². The smallest absolute Gasteiger partial charge is 0.274 e. The average molecular weight is 411 g/mol. The van der Waals surface area contributed by atoms with E-state index in [1.165, 1.54) is 48.8 Å². The molecule has 5 fully saturated rings. The van der Waals surface area contributed by atoms with Gasteiger partial charge in [-0.15, -0.1) is 0 Å². The second-order valence-corrected chi connectivity index (χ2v) is 11.2. The van der Waals surface area contributed by atoms with Crippen molar-refractivity contribution in [3.8, 4) is 5.19 Å². The highest BCUT2D eigenvalue weighted by Crippen LogP contribution is 2.60. The summed E-state index contributed by atoms with van der Waals surface area (Å²) in [5.41, 5.74) is 2.25. The van der Waals surface area contributed by atoms with Gasteiger partial charge >= 0.3 is 0 Å². The van der Waals surface area contributed by atoms with Crippen molar-refractivity contribution < 1.29 is 9.53 Å². The first-order valence-electron chi connectivity index (χ1n) is 11.4. The summed E-state index contributed by atoms with van der Waals surface area (Å²) in [6.45, 7) is 3.78. The molecule has 29 heavy (non-hydrogen) atoms. The van der Waals surface area contributed by atoms with Crippen molar-refractivity contribution in [3.05, 3.63) is 23.8 Å². The molecule has 4 saturated carbocycles. The molecule has 4 aliphatic carbocycles. The normalized spacial score (nSPS) is 34.1. The standard InChI is InChI=1S/C24H30N2O2S/c1-15-3-2-4-20-21(15)25-23(29-20)28-19-5-7-26(8-6-19)22(27)24-12-16-9-17(13-24)11-18(10-16)14-24/h2-4,16-19H,5-14H2,1H3. The van der Waals surface area contributed by atoms with Crippen molar-refractivity contribution in [1.82, 2.24) is 9.88 Å². The van der Waals surface area contributed by atoms with Crippen LogP contribution in [0.15, 0.2) is 18.2 Å². The molecule has 1 aromatic carbocycles. The molecule has 4 bridgehead atoms. The van der Waals surface area contributed by atoms with E-state index in [-0.39, 0.29) is 11.5 Å². The van der Waals surface area contributed by atoms with Crippen LogP contribution in [0.2, 0.25) is 0 Å². The number of benzene rings is 1. The fraction of sp³-hybridized carbons (Fsp3) is 0.667. The molecule has 1 aliphatic heterocycles. The lowest BCUT2D eigenvalue weighted by Crippen LogP contribution is -2.56. The molecule has 0 atom stereocenters. The number of amides is 1. The third kappa shape index (κ3) is 3.08. The third-order valence-electron chi connectivity index (χ3n) is 8.09. The van der Waals surface area contributed by atoms with Gasteiger partial charge in [-0.1, -0.05) is 23.5 Å². The van der Waals surface area contributed by atoms with Crippen LogP contribution in [0.1, 0.15) is 56.9 Å². The van der Waals surface area contributed by atoms with Crippen LogP contribution in [-0.4, -0.2) is 35.0 Å². The molecule has 7 rings (SSSR count). The summed E-state index contributed by atoms with van der Waals surface area (Å²) >= 11 is 1.64. The lowest BCUT2D eigenvalue weighted by Gasteiger charge is -2.57. The number of hydrogen-bond donors (Lipinski definition) is 0. The van der Waals surface area contributed by atoms with Crippen molar-refractivity contribution in [1.29, 1.82) is 0 Å². The van der Waals surface area contributed by atoms with Crippen LogP contribution in [0.3, 0.4) is 0 Å². The number of carbonyl (C=O) groups is 1. The minimum absolute atomic E-state index is 0.00694. The summed E-state index contributed by atoms with van der Waals surface area (Å²) in [6, 6.07) is 6.29. The van der Waals surface area contributed by atoms with Crippen LogP contribution >= 0.6 is 11.3 Å². The second-order valence-electron chi connectivity index (χ2n) is 10.2. The Morgan fingerprint density at radius 1 is 1.10 bits per heavy atom. The van der Waals surface area contributed by atoms with Gasteiger partial charge in [-0.3, -0.25) is 4.79 Å². The minimum Gasteiger partial charge on any atom is -0.467 e. The number of rotatable bonds is 3. The maximum Gasteiger partial charge on any atom is 0.274 e. The second kappa shape index (κ2) is 6.69.